The summed E-state index contributed by atoms with van der Waals surface area (Å²) in [5.41, 5.74) is 0.683. The quantitative estimate of drug-likeness (QED) is 0.763. The first-order valence-corrected chi connectivity index (χ1v) is 9.99. The number of hydrogen-bond donors (Lipinski definition) is 0. The van der Waals surface area contributed by atoms with Gasteiger partial charge >= 0.3 is 0 Å². The maximum absolute atomic E-state index is 13.0. The molecule has 1 saturated heterocycles. The Morgan fingerprint density at radius 3 is 2.33 bits per heavy atom. The molecule has 24 heavy (non-hydrogen) atoms. The fraction of sp³-hybridized carbons (Fsp3) is 0.579. The van der Waals surface area contributed by atoms with Crippen molar-refractivity contribution in [3.05, 3.63) is 29.8 Å². The minimum atomic E-state index is -0.0573. The number of thioether (sulfide) groups is 1. The van der Waals surface area contributed by atoms with Crippen LogP contribution in [0.3, 0.4) is 0 Å². The predicted octanol–water partition coefficient (Wildman–Crippen LogP) is 3.66. The molecule has 1 heterocycles. The summed E-state index contributed by atoms with van der Waals surface area (Å²) < 4.78 is 0. The summed E-state index contributed by atoms with van der Waals surface area (Å²) in [6, 6.07) is 7.60. The van der Waals surface area contributed by atoms with Crippen molar-refractivity contribution in [2.24, 2.45) is 0 Å². The van der Waals surface area contributed by atoms with Gasteiger partial charge in [0.2, 0.25) is 5.91 Å². The molecule has 2 rings (SSSR count). The second-order valence-corrected chi connectivity index (χ2v) is 7.37. The fourth-order valence-corrected chi connectivity index (χ4v) is 3.62. The molecular formula is C19H28N2O2S. The Balaban J connectivity index is 2.13. The van der Waals surface area contributed by atoms with E-state index in [2.05, 4.69) is 0 Å². The van der Waals surface area contributed by atoms with Crippen LogP contribution in [-0.4, -0.2) is 53.5 Å². The van der Waals surface area contributed by atoms with Gasteiger partial charge in [-0.2, -0.15) is 0 Å². The molecule has 5 heteroatoms. The minimum Gasteiger partial charge on any atom is -0.341 e. The maximum Gasteiger partial charge on any atom is 0.255 e. The van der Waals surface area contributed by atoms with Crippen LogP contribution >= 0.6 is 11.8 Å². The summed E-state index contributed by atoms with van der Waals surface area (Å²) in [6.07, 6.45) is 6.48. The van der Waals surface area contributed by atoms with Crippen molar-refractivity contribution in [1.82, 2.24) is 9.80 Å². The van der Waals surface area contributed by atoms with E-state index in [1.165, 1.54) is 12.8 Å². The summed E-state index contributed by atoms with van der Waals surface area (Å²) in [6.45, 7) is 5.74. The van der Waals surface area contributed by atoms with Gasteiger partial charge in [0.1, 0.15) is 6.54 Å². The SMILES string of the molecule is CSc1ccccc1C(=O)N(CC(=O)N1CCCCCC1)C(C)C. The molecule has 0 atom stereocenters. The molecule has 0 N–H and O–H groups in total. The summed E-state index contributed by atoms with van der Waals surface area (Å²) in [7, 11) is 0. The first-order valence-electron chi connectivity index (χ1n) is 8.76. The number of likely N-dealkylation sites (tertiary alicyclic amines) is 1. The van der Waals surface area contributed by atoms with E-state index < -0.39 is 0 Å². The topological polar surface area (TPSA) is 40.6 Å². The smallest absolute Gasteiger partial charge is 0.255 e. The van der Waals surface area contributed by atoms with Crippen LogP contribution in [-0.2, 0) is 4.79 Å². The van der Waals surface area contributed by atoms with Crippen LogP contribution in [0.25, 0.3) is 0 Å². The molecule has 1 aromatic rings. The van der Waals surface area contributed by atoms with E-state index in [1.54, 1.807) is 16.7 Å². The Labute approximate surface area is 149 Å². The number of amides is 2. The lowest BCUT2D eigenvalue weighted by Crippen LogP contribution is -2.46. The highest BCUT2D eigenvalue weighted by molar-refractivity contribution is 7.98. The van der Waals surface area contributed by atoms with Gasteiger partial charge in [0.05, 0.1) is 5.56 Å². The van der Waals surface area contributed by atoms with Crippen molar-refractivity contribution in [1.29, 1.82) is 0 Å². The molecule has 0 unspecified atom stereocenters. The second kappa shape index (κ2) is 9.11. The van der Waals surface area contributed by atoms with Crippen LogP contribution in [0.4, 0.5) is 0 Å². The maximum atomic E-state index is 13.0. The second-order valence-electron chi connectivity index (χ2n) is 6.52. The Bertz CT molecular complexity index is 566. The van der Waals surface area contributed by atoms with E-state index in [9.17, 15) is 9.59 Å². The van der Waals surface area contributed by atoms with E-state index in [1.807, 2.05) is 49.3 Å². The van der Waals surface area contributed by atoms with Gasteiger partial charge in [-0.15, -0.1) is 11.8 Å². The molecule has 0 bridgehead atoms. The zero-order valence-electron chi connectivity index (χ0n) is 15.0. The zero-order valence-corrected chi connectivity index (χ0v) is 15.8. The molecule has 1 aromatic carbocycles. The van der Waals surface area contributed by atoms with Crippen LogP contribution in [0, 0.1) is 0 Å². The summed E-state index contributed by atoms with van der Waals surface area (Å²) in [5, 5.41) is 0. The van der Waals surface area contributed by atoms with Crippen LogP contribution in [0.1, 0.15) is 49.9 Å². The van der Waals surface area contributed by atoms with Crippen LogP contribution in [0.15, 0.2) is 29.2 Å². The van der Waals surface area contributed by atoms with Gasteiger partial charge in [-0.3, -0.25) is 9.59 Å². The first-order chi connectivity index (χ1) is 11.5. The molecule has 0 aromatic heterocycles. The largest absolute Gasteiger partial charge is 0.341 e. The lowest BCUT2D eigenvalue weighted by atomic mass is 10.1. The molecule has 1 aliphatic heterocycles. The summed E-state index contributed by atoms with van der Waals surface area (Å²) in [5.74, 6) is 0.0127. The summed E-state index contributed by atoms with van der Waals surface area (Å²) >= 11 is 1.56. The average molecular weight is 349 g/mol. The number of carbonyl (C=O) groups excluding carboxylic acids is 2. The van der Waals surface area contributed by atoms with Crippen molar-refractivity contribution >= 4 is 23.6 Å². The van der Waals surface area contributed by atoms with Gasteiger partial charge in [-0.25, -0.2) is 0 Å². The number of carbonyl (C=O) groups is 2. The fourth-order valence-electron chi connectivity index (χ4n) is 3.03. The van der Waals surface area contributed by atoms with E-state index in [-0.39, 0.29) is 24.4 Å². The molecule has 1 aliphatic rings. The van der Waals surface area contributed by atoms with E-state index in [0.717, 1.165) is 30.8 Å². The molecular weight excluding hydrogens is 320 g/mol. The Morgan fingerprint density at radius 1 is 1.12 bits per heavy atom. The number of benzene rings is 1. The minimum absolute atomic E-state index is 0.0108. The lowest BCUT2D eigenvalue weighted by Gasteiger charge is -2.30. The van der Waals surface area contributed by atoms with Crippen molar-refractivity contribution in [2.45, 2.75) is 50.5 Å². The van der Waals surface area contributed by atoms with E-state index >= 15 is 0 Å². The highest BCUT2D eigenvalue weighted by atomic mass is 32.2. The average Bonchev–Trinajstić information content (AvgIpc) is 2.88. The van der Waals surface area contributed by atoms with Gasteiger partial charge in [-0.05, 0) is 45.1 Å². The third-order valence-electron chi connectivity index (χ3n) is 4.49. The van der Waals surface area contributed by atoms with E-state index in [0.29, 0.717) is 5.56 Å². The van der Waals surface area contributed by atoms with Crippen molar-refractivity contribution < 1.29 is 9.59 Å². The molecule has 132 valence electrons. The normalized spacial score (nSPS) is 15.2. The standard InChI is InChI=1S/C19H28N2O2S/c1-15(2)21(14-18(22)20-12-8-4-5-9-13-20)19(23)16-10-6-7-11-17(16)24-3/h6-7,10-11,15H,4-5,8-9,12-14H2,1-3H3. The zero-order chi connectivity index (χ0) is 17.5. The molecule has 0 spiro atoms. The third-order valence-corrected chi connectivity index (χ3v) is 5.28. The number of nitrogens with zero attached hydrogens (tertiary/aromatic N) is 2. The Kier molecular flexibility index (Phi) is 7.16. The molecule has 0 aliphatic carbocycles. The third kappa shape index (κ3) is 4.76. The van der Waals surface area contributed by atoms with Gasteiger partial charge in [0, 0.05) is 24.0 Å². The van der Waals surface area contributed by atoms with Gasteiger partial charge in [0.15, 0.2) is 0 Å². The van der Waals surface area contributed by atoms with E-state index in [4.69, 9.17) is 0 Å². The molecule has 1 fully saturated rings. The number of rotatable bonds is 5. The van der Waals surface area contributed by atoms with Crippen LogP contribution < -0.4 is 0 Å². The molecule has 0 radical (unpaired) electrons. The van der Waals surface area contributed by atoms with Gasteiger partial charge in [0.25, 0.3) is 5.91 Å². The molecule has 2 amide bonds. The molecule has 4 nitrogen and oxygen atoms in total. The highest BCUT2D eigenvalue weighted by Crippen LogP contribution is 2.22. The predicted molar refractivity (Wildman–Crippen MR) is 99.4 cm³/mol. The highest BCUT2D eigenvalue weighted by Gasteiger charge is 2.25. The monoisotopic (exact) mass is 348 g/mol. The van der Waals surface area contributed by atoms with Gasteiger partial charge < -0.3 is 9.80 Å². The Morgan fingerprint density at radius 2 is 1.75 bits per heavy atom. The number of hydrogen-bond acceptors (Lipinski definition) is 3. The Hall–Kier alpha value is -1.49. The van der Waals surface area contributed by atoms with Crippen molar-refractivity contribution in [3.8, 4) is 0 Å². The lowest BCUT2D eigenvalue weighted by molar-refractivity contribution is -0.132. The van der Waals surface area contributed by atoms with Crippen LogP contribution in [0.2, 0.25) is 0 Å². The summed E-state index contributed by atoms with van der Waals surface area (Å²) in [4.78, 5) is 30.3. The molecule has 0 saturated carbocycles. The van der Waals surface area contributed by atoms with Crippen LogP contribution in [0.5, 0.6) is 0 Å². The van der Waals surface area contributed by atoms with Gasteiger partial charge in [-0.1, -0.05) is 25.0 Å². The first kappa shape index (κ1) is 18.8. The van der Waals surface area contributed by atoms with Crippen molar-refractivity contribution in [2.75, 3.05) is 25.9 Å². The van der Waals surface area contributed by atoms with Crippen molar-refractivity contribution in [3.63, 3.8) is 0 Å².